The summed E-state index contributed by atoms with van der Waals surface area (Å²) in [7, 11) is 0. The number of hydrogen-bond donors (Lipinski definition) is 0. The minimum Gasteiger partial charge on any atom is -0.448 e. The molecule has 1 aliphatic carbocycles. The van der Waals surface area contributed by atoms with Crippen molar-refractivity contribution in [1.82, 2.24) is 4.90 Å². The fraction of sp³-hybridized carbons (Fsp3) is 0.333. The van der Waals surface area contributed by atoms with Gasteiger partial charge in [0.15, 0.2) is 5.78 Å². The molecule has 0 spiro atoms. The number of carbonyl (C=O) groups is 2. The summed E-state index contributed by atoms with van der Waals surface area (Å²) in [5.74, 6) is -3.10. The molecule has 3 aromatic rings. The largest absolute Gasteiger partial charge is 0.448 e. The number of benzene rings is 3. The molecule has 2 heterocycles. The first-order chi connectivity index (χ1) is 18.7. The Kier molecular flexibility index (Phi) is 6.41. The second-order valence-electron chi connectivity index (χ2n) is 10.3. The van der Waals surface area contributed by atoms with E-state index in [0.29, 0.717) is 6.07 Å². The average molecular weight is 540 g/mol. The maximum atomic E-state index is 14.7. The van der Waals surface area contributed by atoms with Crippen LogP contribution in [-0.2, 0) is 15.7 Å². The molecule has 0 aromatic heterocycles. The normalized spacial score (nSPS) is 22.3. The molecule has 6 rings (SSSR count). The Balaban J connectivity index is 1.17. The topological polar surface area (TPSA) is 55.8 Å². The van der Waals surface area contributed by atoms with Gasteiger partial charge in [0.2, 0.25) is 0 Å². The molecule has 39 heavy (non-hydrogen) atoms. The highest BCUT2D eigenvalue weighted by Crippen LogP contribution is 2.45. The van der Waals surface area contributed by atoms with E-state index in [0.717, 1.165) is 34.4 Å². The van der Waals surface area contributed by atoms with E-state index in [9.17, 15) is 27.2 Å². The first-order valence-electron chi connectivity index (χ1n) is 12.8. The maximum Gasteiger partial charge on any atom is 0.419 e. The third kappa shape index (κ3) is 4.48. The molecule has 2 atom stereocenters. The lowest BCUT2D eigenvalue weighted by Crippen LogP contribution is -2.60. The molecule has 0 N–H and O–H groups in total. The fourth-order valence-corrected chi connectivity index (χ4v) is 6.26. The molecule has 2 saturated heterocycles. The molecule has 2 bridgehead atoms. The number of piperidine rings is 1. The summed E-state index contributed by atoms with van der Waals surface area (Å²) in [5, 5.41) is 0. The Morgan fingerprint density at radius 2 is 1.46 bits per heavy atom. The lowest BCUT2D eigenvalue weighted by atomic mass is 9.80. The molecule has 0 saturated carbocycles. The van der Waals surface area contributed by atoms with Crippen molar-refractivity contribution in [3.63, 3.8) is 0 Å². The van der Waals surface area contributed by atoms with Gasteiger partial charge in [-0.1, -0.05) is 54.6 Å². The highest BCUT2D eigenvalue weighted by Gasteiger charge is 2.46. The Morgan fingerprint density at radius 1 is 0.872 bits per heavy atom. The molecule has 1 amide bonds. The number of alkyl halides is 3. The second kappa shape index (κ2) is 9.79. The maximum absolute atomic E-state index is 14.7. The number of rotatable bonds is 4. The molecule has 0 radical (unpaired) electrons. The first-order valence-corrected chi connectivity index (χ1v) is 12.8. The van der Waals surface area contributed by atoms with E-state index in [2.05, 4.69) is 0 Å². The fourth-order valence-electron chi connectivity index (χ4n) is 6.26. The van der Waals surface area contributed by atoms with Crippen LogP contribution in [0.1, 0.15) is 45.8 Å². The zero-order valence-electron chi connectivity index (χ0n) is 20.8. The summed E-state index contributed by atoms with van der Waals surface area (Å²) >= 11 is 0. The van der Waals surface area contributed by atoms with E-state index < -0.39 is 53.0 Å². The molecule has 2 fully saturated rings. The van der Waals surface area contributed by atoms with Crippen LogP contribution in [0.5, 0.6) is 0 Å². The summed E-state index contributed by atoms with van der Waals surface area (Å²) in [6.45, 7) is 0.465. The SMILES string of the molecule is O=C(c1cccc(C(F)(F)F)c1F)C1CC2COCC(C1)N2C(=O)OCC1c2ccccc2-c2ccccc21. The van der Waals surface area contributed by atoms with Crippen molar-refractivity contribution in [1.29, 1.82) is 0 Å². The summed E-state index contributed by atoms with van der Waals surface area (Å²) in [6, 6.07) is 17.7. The number of halogens is 4. The number of morpholine rings is 1. The Hall–Kier alpha value is -3.72. The van der Waals surface area contributed by atoms with Gasteiger partial charge in [0.1, 0.15) is 12.4 Å². The van der Waals surface area contributed by atoms with Crippen molar-refractivity contribution in [2.75, 3.05) is 19.8 Å². The van der Waals surface area contributed by atoms with E-state index in [1.807, 2.05) is 48.5 Å². The standard InChI is InChI=1S/C30H25F4NO4/c31-27-24(10-5-11-26(27)30(32,33)34)28(36)17-12-18-14-38-15-19(13-17)35(18)29(37)39-16-25-22-8-3-1-6-20(22)21-7-2-4-9-23(21)25/h1-11,17-19,25H,12-16H2. The molecule has 9 heteroatoms. The summed E-state index contributed by atoms with van der Waals surface area (Å²) in [5.41, 5.74) is 2.35. The zero-order chi connectivity index (χ0) is 27.3. The second-order valence-corrected chi connectivity index (χ2v) is 10.3. The van der Waals surface area contributed by atoms with E-state index in [-0.39, 0.29) is 38.6 Å². The molecule has 3 aliphatic rings. The highest BCUT2D eigenvalue weighted by molar-refractivity contribution is 5.98. The monoisotopic (exact) mass is 539 g/mol. The van der Waals surface area contributed by atoms with Gasteiger partial charge in [-0.15, -0.1) is 0 Å². The third-order valence-electron chi connectivity index (χ3n) is 8.01. The van der Waals surface area contributed by atoms with Gasteiger partial charge in [-0.2, -0.15) is 13.2 Å². The Labute approximate surface area is 222 Å². The van der Waals surface area contributed by atoms with Crippen molar-refractivity contribution in [2.45, 2.75) is 37.0 Å². The number of fused-ring (bicyclic) bond motifs is 5. The minimum absolute atomic E-state index is 0.111. The summed E-state index contributed by atoms with van der Waals surface area (Å²) < 4.78 is 65.7. The van der Waals surface area contributed by atoms with Crippen LogP contribution in [0.2, 0.25) is 0 Å². The van der Waals surface area contributed by atoms with Gasteiger partial charge in [-0.25, -0.2) is 9.18 Å². The van der Waals surface area contributed by atoms with Crippen molar-refractivity contribution < 1.29 is 36.6 Å². The molecule has 3 aromatic carbocycles. The number of hydrogen-bond acceptors (Lipinski definition) is 4. The first kappa shape index (κ1) is 25.6. The van der Waals surface area contributed by atoms with Gasteiger partial charge in [-0.05, 0) is 47.2 Å². The lowest BCUT2D eigenvalue weighted by Gasteiger charge is -2.47. The predicted octanol–water partition coefficient (Wildman–Crippen LogP) is 6.46. The van der Waals surface area contributed by atoms with Gasteiger partial charge < -0.3 is 9.47 Å². The van der Waals surface area contributed by atoms with Crippen molar-refractivity contribution in [3.05, 3.63) is 94.8 Å². The lowest BCUT2D eigenvalue weighted by molar-refractivity contribution is -0.140. The van der Waals surface area contributed by atoms with E-state index in [4.69, 9.17) is 9.47 Å². The van der Waals surface area contributed by atoms with Crippen LogP contribution in [0, 0.1) is 11.7 Å². The number of nitrogens with zero attached hydrogens (tertiary/aromatic N) is 1. The number of Topliss-reactive ketones (excluding diaryl/α,β-unsaturated/α-hetero) is 1. The third-order valence-corrected chi connectivity index (χ3v) is 8.01. The summed E-state index contributed by atoms with van der Waals surface area (Å²) in [6.07, 6.45) is -5.13. The van der Waals surface area contributed by atoms with Gasteiger partial charge in [0.05, 0.1) is 36.4 Å². The smallest absolute Gasteiger partial charge is 0.419 e. The molecule has 2 unspecified atom stereocenters. The van der Waals surface area contributed by atoms with Gasteiger partial charge >= 0.3 is 12.3 Å². The minimum atomic E-state index is -4.90. The summed E-state index contributed by atoms with van der Waals surface area (Å²) in [4.78, 5) is 28.1. The Morgan fingerprint density at radius 3 is 2.05 bits per heavy atom. The van der Waals surface area contributed by atoms with Crippen molar-refractivity contribution in [2.24, 2.45) is 5.92 Å². The van der Waals surface area contributed by atoms with Crippen LogP contribution in [0.3, 0.4) is 0 Å². The van der Waals surface area contributed by atoms with Crippen LogP contribution in [-0.4, -0.2) is 48.7 Å². The van der Waals surface area contributed by atoms with Crippen LogP contribution in [0.25, 0.3) is 11.1 Å². The van der Waals surface area contributed by atoms with Crippen LogP contribution in [0.4, 0.5) is 22.4 Å². The van der Waals surface area contributed by atoms with E-state index >= 15 is 0 Å². The van der Waals surface area contributed by atoms with Gasteiger partial charge in [0, 0.05) is 11.8 Å². The van der Waals surface area contributed by atoms with Crippen LogP contribution < -0.4 is 0 Å². The zero-order valence-corrected chi connectivity index (χ0v) is 20.8. The highest BCUT2D eigenvalue weighted by atomic mass is 19.4. The number of carbonyl (C=O) groups excluding carboxylic acids is 2. The quantitative estimate of drug-likeness (QED) is 0.282. The molecular weight excluding hydrogens is 514 g/mol. The van der Waals surface area contributed by atoms with Crippen LogP contribution >= 0.6 is 0 Å². The Bertz CT molecular complexity index is 1380. The predicted molar refractivity (Wildman–Crippen MR) is 134 cm³/mol. The molecule has 5 nitrogen and oxygen atoms in total. The van der Waals surface area contributed by atoms with Crippen molar-refractivity contribution in [3.8, 4) is 11.1 Å². The van der Waals surface area contributed by atoms with Gasteiger partial charge in [-0.3, -0.25) is 9.69 Å². The van der Waals surface area contributed by atoms with E-state index in [1.54, 1.807) is 4.90 Å². The molecule has 202 valence electrons. The van der Waals surface area contributed by atoms with Gasteiger partial charge in [0.25, 0.3) is 0 Å². The average Bonchev–Trinajstić information content (AvgIpc) is 3.23. The number of amides is 1. The number of ether oxygens (including phenoxy) is 2. The molecule has 2 aliphatic heterocycles. The van der Waals surface area contributed by atoms with Crippen LogP contribution in [0.15, 0.2) is 66.7 Å². The van der Waals surface area contributed by atoms with Crippen molar-refractivity contribution >= 4 is 11.9 Å². The van der Waals surface area contributed by atoms with E-state index in [1.165, 1.54) is 0 Å². The molecular formula is C30H25F4NO4. The number of ketones is 1.